The van der Waals surface area contributed by atoms with E-state index in [0.29, 0.717) is 17.9 Å². The normalized spacial score (nSPS) is 13.5. The zero-order chi connectivity index (χ0) is 15.9. The predicted molar refractivity (Wildman–Crippen MR) is 86.5 cm³/mol. The molecule has 1 rings (SSSR count). The number of methoxy groups -OCH3 is 1. The summed E-state index contributed by atoms with van der Waals surface area (Å²) in [5.74, 6) is 0.430. The van der Waals surface area contributed by atoms with E-state index in [2.05, 4.69) is 10.3 Å². The van der Waals surface area contributed by atoms with Crippen molar-refractivity contribution in [3.63, 3.8) is 0 Å². The fourth-order valence-electron chi connectivity index (χ4n) is 2.01. The molecule has 0 aliphatic rings. The SMILES string of the molecule is CCCC(C)(NC(=O)CSCc1csc(C)n1)C(=O)OC. The van der Waals surface area contributed by atoms with Gasteiger partial charge in [-0.15, -0.1) is 23.1 Å². The van der Waals surface area contributed by atoms with Crippen LogP contribution in [0, 0.1) is 6.92 Å². The van der Waals surface area contributed by atoms with Crippen molar-refractivity contribution in [2.75, 3.05) is 12.9 Å². The maximum atomic E-state index is 12.0. The predicted octanol–water partition coefficient (Wildman–Crippen LogP) is 2.53. The topological polar surface area (TPSA) is 68.3 Å². The van der Waals surface area contributed by atoms with Crippen molar-refractivity contribution in [3.05, 3.63) is 16.1 Å². The Morgan fingerprint density at radius 3 is 2.76 bits per heavy atom. The fraction of sp³-hybridized carbons (Fsp3) is 0.643. The van der Waals surface area contributed by atoms with Gasteiger partial charge in [-0.3, -0.25) is 4.79 Å². The molecule has 0 aliphatic carbocycles. The number of thioether (sulfide) groups is 1. The van der Waals surface area contributed by atoms with Crippen molar-refractivity contribution in [1.82, 2.24) is 10.3 Å². The largest absolute Gasteiger partial charge is 0.467 e. The lowest BCUT2D eigenvalue weighted by Crippen LogP contribution is -2.53. The molecule has 1 N–H and O–H groups in total. The van der Waals surface area contributed by atoms with Crippen LogP contribution in [0.2, 0.25) is 0 Å². The van der Waals surface area contributed by atoms with Gasteiger partial charge in [-0.2, -0.15) is 0 Å². The Bertz CT molecular complexity index is 490. The highest BCUT2D eigenvalue weighted by Gasteiger charge is 2.34. The van der Waals surface area contributed by atoms with E-state index < -0.39 is 11.5 Å². The summed E-state index contributed by atoms with van der Waals surface area (Å²) < 4.78 is 4.78. The lowest BCUT2D eigenvalue weighted by Gasteiger charge is -2.27. The van der Waals surface area contributed by atoms with E-state index in [1.165, 1.54) is 18.9 Å². The van der Waals surface area contributed by atoms with Gasteiger partial charge in [-0.05, 0) is 20.3 Å². The average molecular weight is 330 g/mol. The van der Waals surface area contributed by atoms with Gasteiger partial charge in [-0.1, -0.05) is 13.3 Å². The molecular formula is C14H22N2O3S2. The Morgan fingerprint density at radius 2 is 2.24 bits per heavy atom. The lowest BCUT2D eigenvalue weighted by molar-refractivity contribution is -0.150. The standard InChI is InChI=1S/C14H22N2O3S2/c1-5-6-14(3,13(18)19-4)16-12(17)9-20-7-11-8-21-10(2)15-11/h8H,5-7,9H2,1-4H3,(H,16,17). The summed E-state index contributed by atoms with van der Waals surface area (Å²) in [4.78, 5) is 28.1. The van der Waals surface area contributed by atoms with Crippen LogP contribution in [-0.2, 0) is 20.1 Å². The summed E-state index contributed by atoms with van der Waals surface area (Å²) in [5, 5.41) is 5.80. The first-order chi connectivity index (χ1) is 9.91. The molecule has 0 aromatic carbocycles. The molecule has 1 heterocycles. The molecule has 1 unspecified atom stereocenters. The van der Waals surface area contributed by atoms with E-state index in [-0.39, 0.29) is 5.91 Å². The number of carbonyl (C=O) groups is 2. The highest BCUT2D eigenvalue weighted by Crippen LogP contribution is 2.17. The van der Waals surface area contributed by atoms with Crippen LogP contribution >= 0.6 is 23.1 Å². The lowest BCUT2D eigenvalue weighted by atomic mass is 9.96. The van der Waals surface area contributed by atoms with E-state index >= 15 is 0 Å². The van der Waals surface area contributed by atoms with Gasteiger partial charge in [0.1, 0.15) is 5.54 Å². The van der Waals surface area contributed by atoms with E-state index in [1.54, 1.807) is 18.3 Å². The van der Waals surface area contributed by atoms with Crippen LogP contribution in [0.1, 0.15) is 37.4 Å². The number of aromatic nitrogens is 1. The van der Waals surface area contributed by atoms with E-state index in [9.17, 15) is 9.59 Å². The van der Waals surface area contributed by atoms with Crippen molar-refractivity contribution in [1.29, 1.82) is 0 Å². The number of hydrogen-bond donors (Lipinski definition) is 1. The van der Waals surface area contributed by atoms with Crippen LogP contribution in [0.25, 0.3) is 0 Å². The minimum Gasteiger partial charge on any atom is -0.467 e. The molecular weight excluding hydrogens is 308 g/mol. The molecule has 0 aliphatic heterocycles. The Morgan fingerprint density at radius 1 is 1.52 bits per heavy atom. The Balaban J connectivity index is 2.45. The molecule has 118 valence electrons. The first-order valence-corrected chi connectivity index (χ1v) is 8.83. The Labute approximate surface area is 133 Å². The van der Waals surface area contributed by atoms with Crippen LogP contribution in [0.15, 0.2) is 5.38 Å². The first-order valence-electron chi connectivity index (χ1n) is 6.79. The van der Waals surface area contributed by atoms with E-state index in [4.69, 9.17) is 4.74 Å². The summed E-state index contributed by atoms with van der Waals surface area (Å²) in [6.45, 7) is 5.62. The highest BCUT2D eigenvalue weighted by molar-refractivity contribution is 7.99. The first kappa shape index (κ1) is 18.0. The number of rotatable bonds is 8. The number of thiazole rings is 1. The summed E-state index contributed by atoms with van der Waals surface area (Å²) in [6, 6.07) is 0. The molecule has 21 heavy (non-hydrogen) atoms. The summed E-state index contributed by atoms with van der Waals surface area (Å²) in [6.07, 6.45) is 1.35. The monoisotopic (exact) mass is 330 g/mol. The summed E-state index contributed by atoms with van der Waals surface area (Å²) >= 11 is 3.09. The molecule has 0 bridgehead atoms. The third-order valence-electron chi connectivity index (χ3n) is 2.95. The number of nitrogens with one attached hydrogen (secondary N) is 1. The molecule has 1 atom stereocenters. The number of ether oxygens (including phenoxy) is 1. The average Bonchev–Trinajstić information content (AvgIpc) is 2.83. The van der Waals surface area contributed by atoms with Gasteiger partial charge >= 0.3 is 5.97 Å². The van der Waals surface area contributed by atoms with Crippen molar-refractivity contribution in [2.24, 2.45) is 0 Å². The van der Waals surface area contributed by atoms with Gasteiger partial charge in [0.15, 0.2) is 0 Å². The van der Waals surface area contributed by atoms with Crippen molar-refractivity contribution >= 4 is 35.0 Å². The molecule has 1 amide bonds. The Hall–Kier alpha value is -1.08. The Kier molecular flexibility index (Phi) is 7.17. The third-order valence-corrected chi connectivity index (χ3v) is 4.74. The highest BCUT2D eigenvalue weighted by atomic mass is 32.2. The molecule has 0 fully saturated rings. The second kappa shape index (κ2) is 8.38. The molecule has 0 saturated carbocycles. The zero-order valence-corrected chi connectivity index (χ0v) is 14.5. The van der Waals surface area contributed by atoms with Crippen LogP contribution in [0.5, 0.6) is 0 Å². The van der Waals surface area contributed by atoms with E-state index in [1.807, 2.05) is 19.2 Å². The second-order valence-corrected chi connectivity index (χ2v) is 7.02. The van der Waals surface area contributed by atoms with Crippen LogP contribution in [-0.4, -0.2) is 35.3 Å². The van der Waals surface area contributed by atoms with Gasteiger partial charge in [-0.25, -0.2) is 9.78 Å². The van der Waals surface area contributed by atoms with Crippen molar-refractivity contribution in [3.8, 4) is 0 Å². The van der Waals surface area contributed by atoms with Crippen molar-refractivity contribution < 1.29 is 14.3 Å². The molecule has 7 heteroatoms. The molecule has 1 aromatic rings. The third kappa shape index (κ3) is 5.67. The summed E-state index contributed by atoms with van der Waals surface area (Å²) in [5.41, 5.74) is 0.0397. The zero-order valence-electron chi connectivity index (χ0n) is 12.9. The molecule has 5 nitrogen and oxygen atoms in total. The molecule has 1 aromatic heterocycles. The number of hydrogen-bond acceptors (Lipinski definition) is 6. The van der Waals surface area contributed by atoms with Gasteiger partial charge in [0.25, 0.3) is 0 Å². The van der Waals surface area contributed by atoms with Crippen molar-refractivity contribution in [2.45, 2.75) is 44.9 Å². The van der Waals surface area contributed by atoms with Gasteiger partial charge in [0.2, 0.25) is 5.91 Å². The van der Waals surface area contributed by atoms with E-state index in [0.717, 1.165) is 17.1 Å². The van der Waals surface area contributed by atoms with Crippen LogP contribution < -0.4 is 5.32 Å². The van der Waals surface area contributed by atoms with Crippen LogP contribution in [0.3, 0.4) is 0 Å². The van der Waals surface area contributed by atoms with Gasteiger partial charge < -0.3 is 10.1 Å². The maximum Gasteiger partial charge on any atom is 0.331 e. The molecule has 0 radical (unpaired) electrons. The number of amides is 1. The minimum absolute atomic E-state index is 0.159. The smallest absolute Gasteiger partial charge is 0.331 e. The number of esters is 1. The molecule has 0 spiro atoms. The quantitative estimate of drug-likeness (QED) is 0.742. The maximum absolute atomic E-state index is 12.0. The van der Waals surface area contributed by atoms with Gasteiger partial charge in [0.05, 0.1) is 23.6 Å². The van der Waals surface area contributed by atoms with Crippen LogP contribution in [0.4, 0.5) is 0 Å². The number of carbonyl (C=O) groups excluding carboxylic acids is 2. The summed E-state index contributed by atoms with van der Waals surface area (Å²) in [7, 11) is 1.34. The molecule has 0 saturated heterocycles. The number of nitrogens with zero attached hydrogens (tertiary/aromatic N) is 1. The number of aryl methyl sites for hydroxylation is 1. The second-order valence-electron chi connectivity index (χ2n) is 4.97. The van der Waals surface area contributed by atoms with Gasteiger partial charge in [0, 0.05) is 11.1 Å². The fourth-order valence-corrected chi connectivity index (χ4v) is 3.44. The minimum atomic E-state index is -0.946.